The SMILES string of the molecule is COc1ccc(NC(=O)C2C(=O)CC(c3ccccc3)NC2=O)cc1. The average molecular weight is 338 g/mol. The number of amides is 2. The zero-order chi connectivity index (χ0) is 17.8. The molecule has 0 bridgehead atoms. The summed E-state index contributed by atoms with van der Waals surface area (Å²) in [6, 6.07) is 15.5. The minimum absolute atomic E-state index is 0.0937. The first-order valence-electron chi connectivity index (χ1n) is 7.91. The molecule has 2 aromatic rings. The predicted octanol–water partition coefficient (Wildman–Crippen LogP) is 2.08. The highest BCUT2D eigenvalue weighted by atomic mass is 16.5. The molecular formula is C19H18N2O4. The summed E-state index contributed by atoms with van der Waals surface area (Å²) in [6.45, 7) is 0. The van der Waals surface area contributed by atoms with Crippen LogP contribution in [0.5, 0.6) is 5.75 Å². The summed E-state index contributed by atoms with van der Waals surface area (Å²) in [5.74, 6) is -2.27. The number of anilines is 1. The van der Waals surface area contributed by atoms with Crippen molar-refractivity contribution in [3.8, 4) is 5.75 Å². The van der Waals surface area contributed by atoms with E-state index in [1.807, 2.05) is 30.3 Å². The highest BCUT2D eigenvalue weighted by Crippen LogP contribution is 2.25. The van der Waals surface area contributed by atoms with Gasteiger partial charge in [0.25, 0.3) is 0 Å². The predicted molar refractivity (Wildman–Crippen MR) is 92.1 cm³/mol. The molecule has 25 heavy (non-hydrogen) atoms. The van der Waals surface area contributed by atoms with Gasteiger partial charge >= 0.3 is 0 Å². The van der Waals surface area contributed by atoms with Gasteiger partial charge in [-0.15, -0.1) is 0 Å². The van der Waals surface area contributed by atoms with Crippen LogP contribution >= 0.6 is 0 Å². The Morgan fingerprint density at radius 2 is 1.76 bits per heavy atom. The molecule has 2 atom stereocenters. The third-order valence-electron chi connectivity index (χ3n) is 4.13. The molecule has 1 aliphatic rings. The maximum absolute atomic E-state index is 12.4. The molecule has 1 heterocycles. The largest absolute Gasteiger partial charge is 0.497 e. The molecule has 6 nitrogen and oxygen atoms in total. The van der Waals surface area contributed by atoms with Crippen molar-refractivity contribution in [1.82, 2.24) is 5.32 Å². The second-order valence-electron chi connectivity index (χ2n) is 5.79. The molecule has 0 radical (unpaired) electrons. The molecule has 0 spiro atoms. The fourth-order valence-corrected chi connectivity index (χ4v) is 2.81. The number of nitrogens with one attached hydrogen (secondary N) is 2. The molecule has 0 saturated carbocycles. The maximum atomic E-state index is 12.4. The van der Waals surface area contributed by atoms with Crippen molar-refractivity contribution in [3.63, 3.8) is 0 Å². The fourth-order valence-electron chi connectivity index (χ4n) is 2.81. The Kier molecular flexibility index (Phi) is 4.79. The van der Waals surface area contributed by atoms with Gasteiger partial charge in [-0.3, -0.25) is 14.4 Å². The Morgan fingerprint density at radius 3 is 2.36 bits per heavy atom. The lowest BCUT2D eigenvalue weighted by Crippen LogP contribution is -2.49. The number of benzene rings is 2. The Balaban J connectivity index is 1.69. The Hall–Kier alpha value is -3.15. The van der Waals surface area contributed by atoms with Gasteiger partial charge in [0, 0.05) is 12.1 Å². The third-order valence-corrected chi connectivity index (χ3v) is 4.13. The van der Waals surface area contributed by atoms with Crippen molar-refractivity contribution in [1.29, 1.82) is 0 Å². The number of ketones is 1. The highest BCUT2D eigenvalue weighted by Gasteiger charge is 2.40. The minimum atomic E-state index is -1.33. The minimum Gasteiger partial charge on any atom is -0.497 e. The quantitative estimate of drug-likeness (QED) is 0.836. The molecule has 2 amide bonds. The standard InChI is InChI=1S/C19H18N2O4/c1-25-14-9-7-13(8-10-14)20-18(23)17-16(22)11-15(21-19(17)24)12-5-3-2-4-6-12/h2-10,15,17H,11H2,1H3,(H,20,23)(H,21,24). The van der Waals surface area contributed by atoms with E-state index in [0.29, 0.717) is 11.4 Å². The molecule has 0 aromatic heterocycles. The molecule has 0 aliphatic carbocycles. The van der Waals surface area contributed by atoms with Crippen molar-refractivity contribution in [2.75, 3.05) is 12.4 Å². The van der Waals surface area contributed by atoms with Crippen LogP contribution in [-0.4, -0.2) is 24.7 Å². The second-order valence-corrected chi connectivity index (χ2v) is 5.79. The van der Waals surface area contributed by atoms with E-state index in [1.165, 1.54) is 0 Å². The molecule has 2 unspecified atom stereocenters. The van der Waals surface area contributed by atoms with Crippen molar-refractivity contribution in [2.24, 2.45) is 5.92 Å². The zero-order valence-electron chi connectivity index (χ0n) is 13.7. The van der Waals surface area contributed by atoms with Gasteiger partial charge in [-0.05, 0) is 29.8 Å². The van der Waals surface area contributed by atoms with Crippen LogP contribution in [0.1, 0.15) is 18.0 Å². The lowest BCUT2D eigenvalue weighted by Gasteiger charge is -2.27. The van der Waals surface area contributed by atoms with E-state index in [4.69, 9.17) is 4.74 Å². The first kappa shape index (κ1) is 16.7. The van der Waals surface area contributed by atoms with E-state index in [-0.39, 0.29) is 12.2 Å². The first-order valence-corrected chi connectivity index (χ1v) is 7.91. The lowest BCUT2D eigenvalue weighted by atomic mass is 9.88. The third kappa shape index (κ3) is 3.68. The van der Waals surface area contributed by atoms with E-state index in [1.54, 1.807) is 31.4 Å². The summed E-state index contributed by atoms with van der Waals surface area (Å²) in [6.07, 6.45) is 0.0937. The molecular weight excluding hydrogens is 320 g/mol. The number of Topliss-reactive ketones (excluding diaryl/α,β-unsaturated/α-hetero) is 1. The number of carbonyl (C=O) groups excluding carboxylic acids is 3. The molecule has 6 heteroatoms. The van der Waals surface area contributed by atoms with E-state index in [0.717, 1.165) is 5.56 Å². The fraction of sp³-hybridized carbons (Fsp3) is 0.211. The topological polar surface area (TPSA) is 84.5 Å². The first-order chi connectivity index (χ1) is 12.1. The summed E-state index contributed by atoms with van der Waals surface area (Å²) in [7, 11) is 1.54. The maximum Gasteiger partial charge on any atom is 0.244 e. The van der Waals surface area contributed by atoms with Crippen molar-refractivity contribution in [3.05, 3.63) is 60.2 Å². The van der Waals surface area contributed by atoms with Crippen LogP contribution in [0.4, 0.5) is 5.69 Å². The van der Waals surface area contributed by atoms with E-state index in [2.05, 4.69) is 10.6 Å². The Morgan fingerprint density at radius 1 is 1.08 bits per heavy atom. The van der Waals surface area contributed by atoms with Gasteiger partial charge in [-0.1, -0.05) is 30.3 Å². The second kappa shape index (κ2) is 7.17. The van der Waals surface area contributed by atoms with E-state index >= 15 is 0 Å². The summed E-state index contributed by atoms with van der Waals surface area (Å²) < 4.78 is 5.05. The average Bonchev–Trinajstić information content (AvgIpc) is 2.62. The van der Waals surface area contributed by atoms with E-state index in [9.17, 15) is 14.4 Å². The van der Waals surface area contributed by atoms with Crippen LogP contribution in [0.15, 0.2) is 54.6 Å². The van der Waals surface area contributed by atoms with Crippen molar-refractivity contribution in [2.45, 2.75) is 12.5 Å². The van der Waals surface area contributed by atoms with Gasteiger partial charge in [-0.25, -0.2) is 0 Å². The van der Waals surface area contributed by atoms with Gasteiger partial charge in [0.2, 0.25) is 11.8 Å². The molecule has 1 fully saturated rings. The van der Waals surface area contributed by atoms with E-state index < -0.39 is 23.8 Å². The number of hydrogen-bond donors (Lipinski definition) is 2. The summed E-state index contributed by atoms with van der Waals surface area (Å²) >= 11 is 0. The highest BCUT2D eigenvalue weighted by molar-refractivity contribution is 6.22. The zero-order valence-corrected chi connectivity index (χ0v) is 13.7. The summed E-state index contributed by atoms with van der Waals surface area (Å²) in [5, 5.41) is 5.36. The van der Waals surface area contributed by atoms with Gasteiger partial charge in [0.15, 0.2) is 11.7 Å². The van der Waals surface area contributed by atoms with Crippen molar-refractivity contribution >= 4 is 23.3 Å². The summed E-state index contributed by atoms with van der Waals surface area (Å²) in [5.41, 5.74) is 1.34. The van der Waals surface area contributed by atoms with Gasteiger partial charge < -0.3 is 15.4 Å². The molecule has 3 rings (SSSR count). The monoisotopic (exact) mass is 338 g/mol. The van der Waals surface area contributed by atoms with Gasteiger partial charge in [0.05, 0.1) is 13.2 Å². The van der Waals surface area contributed by atoms with Crippen molar-refractivity contribution < 1.29 is 19.1 Å². The molecule has 1 saturated heterocycles. The number of hydrogen-bond acceptors (Lipinski definition) is 4. The number of piperidine rings is 1. The van der Waals surface area contributed by atoms with Crippen LogP contribution in [0.2, 0.25) is 0 Å². The Labute approximate surface area is 145 Å². The molecule has 128 valence electrons. The number of methoxy groups -OCH3 is 1. The summed E-state index contributed by atoms with van der Waals surface area (Å²) in [4.78, 5) is 37.0. The normalized spacial score (nSPS) is 19.9. The molecule has 2 aromatic carbocycles. The van der Waals surface area contributed by atoms with Gasteiger partial charge in [-0.2, -0.15) is 0 Å². The molecule has 2 N–H and O–H groups in total. The number of rotatable bonds is 4. The van der Waals surface area contributed by atoms with Gasteiger partial charge in [0.1, 0.15) is 5.75 Å². The Bertz CT molecular complexity index is 769. The smallest absolute Gasteiger partial charge is 0.244 e. The van der Waals surface area contributed by atoms with Crippen LogP contribution in [0, 0.1) is 5.92 Å². The van der Waals surface area contributed by atoms with Crippen LogP contribution in [0.3, 0.4) is 0 Å². The number of ether oxygens (including phenoxy) is 1. The molecule has 1 aliphatic heterocycles. The van der Waals surface area contributed by atoms with Crippen LogP contribution in [-0.2, 0) is 14.4 Å². The van der Waals surface area contributed by atoms with Crippen LogP contribution in [0.25, 0.3) is 0 Å². The number of carbonyl (C=O) groups is 3. The lowest BCUT2D eigenvalue weighted by molar-refractivity contribution is -0.143. The van der Waals surface area contributed by atoms with Crippen LogP contribution < -0.4 is 15.4 Å².